The van der Waals surface area contributed by atoms with E-state index in [1.807, 2.05) is 19.1 Å². The second-order valence-electron chi connectivity index (χ2n) is 5.30. The number of benzene rings is 2. The third kappa shape index (κ3) is 5.27. The fourth-order valence-corrected chi connectivity index (χ4v) is 1.96. The van der Waals surface area contributed by atoms with Gasteiger partial charge in [-0.05, 0) is 37.6 Å². The summed E-state index contributed by atoms with van der Waals surface area (Å²) in [6.45, 7) is 2.80. The first-order chi connectivity index (χ1) is 11.9. The van der Waals surface area contributed by atoms with E-state index in [0.717, 1.165) is 17.7 Å². The largest absolute Gasteiger partial charge is 0.482 e. The SMILES string of the molecule is Cc1ccccc1OCC(=O)OC(C)C(=O)Nc1ccc(F)cc1F. The molecule has 2 aromatic carbocycles. The average Bonchev–Trinajstić information content (AvgIpc) is 2.56. The summed E-state index contributed by atoms with van der Waals surface area (Å²) < 4.78 is 36.6. The zero-order valence-electron chi connectivity index (χ0n) is 13.7. The van der Waals surface area contributed by atoms with Gasteiger partial charge in [-0.25, -0.2) is 13.6 Å². The third-order valence-electron chi connectivity index (χ3n) is 3.31. The minimum Gasteiger partial charge on any atom is -0.482 e. The summed E-state index contributed by atoms with van der Waals surface area (Å²) in [4.78, 5) is 23.7. The molecule has 7 heteroatoms. The Bertz CT molecular complexity index is 779. The van der Waals surface area contributed by atoms with Crippen LogP contribution in [-0.4, -0.2) is 24.6 Å². The van der Waals surface area contributed by atoms with E-state index in [1.165, 1.54) is 6.92 Å². The van der Waals surface area contributed by atoms with Crippen molar-refractivity contribution in [3.8, 4) is 5.75 Å². The predicted molar refractivity (Wildman–Crippen MR) is 87.2 cm³/mol. The van der Waals surface area contributed by atoms with Gasteiger partial charge >= 0.3 is 5.97 Å². The number of carbonyl (C=O) groups excluding carboxylic acids is 2. The van der Waals surface area contributed by atoms with Crippen LogP contribution in [0.15, 0.2) is 42.5 Å². The van der Waals surface area contributed by atoms with Gasteiger partial charge in [-0.2, -0.15) is 0 Å². The monoisotopic (exact) mass is 349 g/mol. The molecule has 132 valence electrons. The van der Waals surface area contributed by atoms with Crippen molar-refractivity contribution in [3.05, 3.63) is 59.7 Å². The molecule has 5 nitrogen and oxygen atoms in total. The normalized spacial score (nSPS) is 11.5. The molecule has 1 amide bonds. The summed E-state index contributed by atoms with van der Waals surface area (Å²) in [5, 5.41) is 2.23. The van der Waals surface area contributed by atoms with Crippen molar-refractivity contribution in [3.63, 3.8) is 0 Å². The van der Waals surface area contributed by atoms with Crippen LogP contribution < -0.4 is 10.1 Å². The summed E-state index contributed by atoms with van der Waals surface area (Å²) in [6, 6.07) is 9.86. The molecule has 1 N–H and O–H groups in total. The van der Waals surface area contributed by atoms with E-state index >= 15 is 0 Å². The number of hydrogen-bond donors (Lipinski definition) is 1. The second kappa shape index (κ2) is 8.23. The Hall–Kier alpha value is -2.96. The first-order valence-electron chi connectivity index (χ1n) is 7.50. The number of carbonyl (C=O) groups is 2. The van der Waals surface area contributed by atoms with Gasteiger partial charge < -0.3 is 14.8 Å². The summed E-state index contributed by atoms with van der Waals surface area (Å²) in [6.07, 6.45) is -1.17. The quantitative estimate of drug-likeness (QED) is 0.814. The van der Waals surface area contributed by atoms with Gasteiger partial charge in [0.2, 0.25) is 0 Å². The molecular weight excluding hydrogens is 332 g/mol. The van der Waals surface area contributed by atoms with E-state index in [4.69, 9.17) is 9.47 Å². The number of hydrogen-bond acceptors (Lipinski definition) is 4. The molecule has 0 aliphatic heterocycles. The van der Waals surface area contributed by atoms with Crippen molar-refractivity contribution in [2.24, 2.45) is 0 Å². The maximum atomic E-state index is 13.5. The Kier molecular flexibility index (Phi) is 6.05. The van der Waals surface area contributed by atoms with Crippen LogP contribution in [0.25, 0.3) is 0 Å². The van der Waals surface area contributed by atoms with Crippen LogP contribution in [0.5, 0.6) is 5.75 Å². The zero-order chi connectivity index (χ0) is 18.4. The van der Waals surface area contributed by atoms with Crippen LogP contribution in [0.4, 0.5) is 14.5 Å². The van der Waals surface area contributed by atoms with Crippen LogP contribution >= 0.6 is 0 Å². The van der Waals surface area contributed by atoms with E-state index in [2.05, 4.69) is 5.32 Å². The highest BCUT2D eigenvalue weighted by atomic mass is 19.1. The summed E-state index contributed by atoms with van der Waals surface area (Å²) in [5.41, 5.74) is 0.651. The van der Waals surface area contributed by atoms with E-state index in [9.17, 15) is 18.4 Å². The Morgan fingerprint density at radius 3 is 2.56 bits per heavy atom. The van der Waals surface area contributed by atoms with Crippen molar-refractivity contribution in [1.82, 2.24) is 0 Å². The van der Waals surface area contributed by atoms with E-state index < -0.39 is 29.6 Å². The molecular formula is C18H17F2NO4. The fourth-order valence-electron chi connectivity index (χ4n) is 1.96. The topological polar surface area (TPSA) is 64.6 Å². The van der Waals surface area contributed by atoms with Crippen molar-refractivity contribution in [2.45, 2.75) is 20.0 Å². The predicted octanol–water partition coefficient (Wildman–Crippen LogP) is 3.22. The third-order valence-corrected chi connectivity index (χ3v) is 3.31. The molecule has 0 spiro atoms. The van der Waals surface area contributed by atoms with Gasteiger partial charge in [0.1, 0.15) is 17.4 Å². The van der Waals surface area contributed by atoms with Crippen molar-refractivity contribution in [2.75, 3.05) is 11.9 Å². The van der Waals surface area contributed by atoms with Gasteiger partial charge in [0.25, 0.3) is 5.91 Å². The Morgan fingerprint density at radius 2 is 1.88 bits per heavy atom. The molecule has 2 aromatic rings. The highest BCUT2D eigenvalue weighted by Gasteiger charge is 2.19. The van der Waals surface area contributed by atoms with E-state index in [0.29, 0.717) is 11.8 Å². The molecule has 25 heavy (non-hydrogen) atoms. The molecule has 0 aromatic heterocycles. The number of rotatable bonds is 6. The Labute approximate surface area is 143 Å². The molecule has 0 heterocycles. The molecule has 1 unspecified atom stereocenters. The Morgan fingerprint density at radius 1 is 1.16 bits per heavy atom. The number of aryl methyl sites for hydroxylation is 1. The number of nitrogens with one attached hydrogen (secondary N) is 1. The molecule has 2 rings (SSSR count). The molecule has 0 aliphatic carbocycles. The van der Waals surface area contributed by atoms with Gasteiger partial charge in [-0.1, -0.05) is 18.2 Å². The molecule has 0 fully saturated rings. The number of esters is 1. The van der Waals surface area contributed by atoms with Gasteiger partial charge in [-0.15, -0.1) is 0 Å². The zero-order valence-corrected chi connectivity index (χ0v) is 13.7. The fraction of sp³-hybridized carbons (Fsp3) is 0.222. The first kappa shape index (κ1) is 18.4. The molecule has 0 saturated carbocycles. The minimum atomic E-state index is -1.17. The number of halogens is 2. The summed E-state index contributed by atoms with van der Waals surface area (Å²) >= 11 is 0. The van der Waals surface area contributed by atoms with Crippen molar-refractivity contribution in [1.29, 1.82) is 0 Å². The summed E-state index contributed by atoms with van der Waals surface area (Å²) in [5.74, 6) is -2.64. The number of para-hydroxylation sites is 1. The number of ether oxygens (including phenoxy) is 2. The molecule has 1 atom stereocenters. The minimum absolute atomic E-state index is 0.203. The van der Waals surface area contributed by atoms with E-state index in [1.54, 1.807) is 12.1 Å². The van der Waals surface area contributed by atoms with Crippen molar-refractivity contribution >= 4 is 17.6 Å². The van der Waals surface area contributed by atoms with Gasteiger partial charge in [0, 0.05) is 6.07 Å². The smallest absolute Gasteiger partial charge is 0.344 e. The van der Waals surface area contributed by atoms with Crippen LogP contribution in [0.3, 0.4) is 0 Å². The summed E-state index contributed by atoms with van der Waals surface area (Å²) in [7, 11) is 0. The maximum Gasteiger partial charge on any atom is 0.344 e. The van der Waals surface area contributed by atoms with Gasteiger partial charge in [-0.3, -0.25) is 4.79 Å². The van der Waals surface area contributed by atoms with Crippen LogP contribution in [0.2, 0.25) is 0 Å². The van der Waals surface area contributed by atoms with Crippen LogP contribution in [0, 0.1) is 18.6 Å². The second-order valence-corrected chi connectivity index (χ2v) is 5.30. The lowest BCUT2D eigenvalue weighted by atomic mass is 10.2. The van der Waals surface area contributed by atoms with Gasteiger partial charge in [0.05, 0.1) is 5.69 Å². The van der Waals surface area contributed by atoms with Crippen molar-refractivity contribution < 1.29 is 27.8 Å². The number of anilines is 1. The lowest BCUT2D eigenvalue weighted by molar-refractivity contribution is -0.155. The number of amides is 1. The van der Waals surface area contributed by atoms with E-state index in [-0.39, 0.29) is 12.3 Å². The molecule has 0 radical (unpaired) electrons. The van der Waals surface area contributed by atoms with Gasteiger partial charge in [0.15, 0.2) is 12.7 Å². The average molecular weight is 349 g/mol. The molecule has 0 aliphatic rings. The Balaban J connectivity index is 1.85. The molecule has 0 saturated heterocycles. The molecule has 0 bridgehead atoms. The lowest BCUT2D eigenvalue weighted by Gasteiger charge is -2.14. The first-order valence-corrected chi connectivity index (χ1v) is 7.50. The lowest BCUT2D eigenvalue weighted by Crippen LogP contribution is -2.32. The highest BCUT2D eigenvalue weighted by Crippen LogP contribution is 2.17. The standard InChI is InChI=1S/C18H17F2NO4/c1-11-5-3-4-6-16(11)24-10-17(22)25-12(2)18(23)21-15-8-7-13(19)9-14(15)20/h3-9,12H,10H2,1-2H3,(H,21,23). The van der Waals surface area contributed by atoms with Crippen LogP contribution in [-0.2, 0) is 14.3 Å². The van der Waals surface area contributed by atoms with Crippen LogP contribution in [0.1, 0.15) is 12.5 Å². The maximum absolute atomic E-state index is 13.5. The highest BCUT2D eigenvalue weighted by molar-refractivity contribution is 5.95.